The fourth-order valence-electron chi connectivity index (χ4n) is 3.37. The van der Waals surface area contributed by atoms with Gasteiger partial charge >= 0.3 is 0 Å². The zero-order valence-electron chi connectivity index (χ0n) is 13.9. The number of aryl methyl sites for hydroxylation is 2. The Bertz CT molecular complexity index is 860. The first-order valence-electron chi connectivity index (χ1n) is 8.53. The summed E-state index contributed by atoms with van der Waals surface area (Å²) in [4.78, 5) is 2.37. The van der Waals surface area contributed by atoms with Crippen LogP contribution < -0.4 is 4.90 Å². The first kappa shape index (κ1) is 14.8. The summed E-state index contributed by atoms with van der Waals surface area (Å²) in [6.45, 7) is 2.13. The van der Waals surface area contributed by atoms with E-state index in [0.29, 0.717) is 0 Å². The summed E-state index contributed by atoms with van der Waals surface area (Å²) >= 11 is 0. The molecule has 3 aromatic rings. The van der Waals surface area contributed by atoms with Gasteiger partial charge in [-0.2, -0.15) is 0 Å². The largest absolute Gasteiger partial charge is 0.310 e. The Morgan fingerprint density at radius 2 is 1.38 bits per heavy atom. The van der Waals surface area contributed by atoms with Gasteiger partial charge in [-0.25, -0.2) is 0 Å². The van der Waals surface area contributed by atoms with Gasteiger partial charge in [0.2, 0.25) is 0 Å². The van der Waals surface area contributed by atoms with Crippen LogP contribution >= 0.6 is 0 Å². The molecular formula is C23H21N. The Kier molecular flexibility index (Phi) is 3.92. The van der Waals surface area contributed by atoms with Gasteiger partial charge in [-0.1, -0.05) is 66.2 Å². The van der Waals surface area contributed by atoms with Crippen molar-refractivity contribution >= 4 is 17.1 Å². The average Bonchev–Trinajstić information content (AvgIpc) is 2.65. The standard InChI is InChI=1S/C23H21N/c1-18-14-16-21(17-15-18)24(20-10-3-2-4-11-20)23-13-7-9-19-8-5-6-12-22(19)23/h2-6,8,10-17H,7,9H2,1H3. The van der Waals surface area contributed by atoms with Crippen LogP contribution in [0.2, 0.25) is 0 Å². The van der Waals surface area contributed by atoms with Gasteiger partial charge in [0.1, 0.15) is 0 Å². The van der Waals surface area contributed by atoms with E-state index in [-0.39, 0.29) is 0 Å². The Hall–Kier alpha value is -2.80. The first-order valence-corrected chi connectivity index (χ1v) is 8.53. The highest BCUT2D eigenvalue weighted by molar-refractivity contribution is 5.89. The SMILES string of the molecule is Cc1ccc(N(C2=CCCc3ccccc32)c2ccccc2)cc1. The van der Waals surface area contributed by atoms with Gasteiger partial charge < -0.3 is 4.90 Å². The number of nitrogens with zero attached hydrogens (tertiary/aromatic N) is 1. The molecule has 0 heterocycles. The van der Waals surface area contributed by atoms with Gasteiger partial charge in [-0.15, -0.1) is 0 Å². The van der Waals surface area contributed by atoms with Crippen LogP contribution in [0.5, 0.6) is 0 Å². The molecule has 0 spiro atoms. The van der Waals surface area contributed by atoms with E-state index < -0.39 is 0 Å². The third-order valence-electron chi connectivity index (χ3n) is 4.59. The molecule has 0 fully saturated rings. The zero-order chi connectivity index (χ0) is 16.4. The molecular weight excluding hydrogens is 290 g/mol. The third kappa shape index (κ3) is 2.74. The summed E-state index contributed by atoms with van der Waals surface area (Å²) in [5, 5.41) is 0. The molecule has 0 radical (unpaired) electrons. The van der Waals surface area contributed by atoms with Crippen LogP contribution in [0, 0.1) is 6.92 Å². The summed E-state index contributed by atoms with van der Waals surface area (Å²) in [5.41, 5.74) is 7.74. The van der Waals surface area contributed by atoms with Gasteiger partial charge in [0, 0.05) is 22.6 Å². The quantitative estimate of drug-likeness (QED) is 0.563. The third-order valence-corrected chi connectivity index (χ3v) is 4.59. The summed E-state index contributed by atoms with van der Waals surface area (Å²) in [6, 6.07) is 28.2. The van der Waals surface area contributed by atoms with Crippen LogP contribution in [0.15, 0.2) is 84.9 Å². The second-order valence-electron chi connectivity index (χ2n) is 6.29. The van der Waals surface area contributed by atoms with Gasteiger partial charge in [0.05, 0.1) is 0 Å². The minimum absolute atomic E-state index is 1.08. The minimum atomic E-state index is 1.08. The maximum absolute atomic E-state index is 2.37. The average molecular weight is 311 g/mol. The van der Waals surface area contributed by atoms with E-state index in [1.54, 1.807) is 0 Å². The van der Waals surface area contributed by atoms with Crippen molar-refractivity contribution in [3.63, 3.8) is 0 Å². The van der Waals surface area contributed by atoms with Gasteiger partial charge in [-0.05, 0) is 49.6 Å². The number of hydrogen-bond acceptors (Lipinski definition) is 1. The molecule has 1 heteroatoms. The van der Waals surface area contributed by atoms with Crippen molar-refractivity contribution in [3.05, 3.63) is 102 Å². The van der Waals surface area contributed by atoms with Crippen LogP contribution in [0.4, 0.5) is 11.4 Å². The molecule has 1 nitrogen and oxygen atoms in total. The Morgan fingerprint density at radius 3 is 2.17 bits per heavy atom. The second kappa shape index (κ2) is 6.37. The van der Waals surface area contributed by atoms with Crippen LogP contribution in [0.1, 0.15) is 23.1 Å². The van der Waals surface area contributed by atoms with Crippen molar-refractivity contribution in [2.24, 2.45) is 0 Å². The highest BCUT2D eigenvalue weighted by atomic mass is 15.1. The number of fused-ring (bicyclic) bond motifs is 1. The van der Waals surface area contributed by atoms with Crippen molar-refractivity contribution < 1.29 is 0 Å². The minimum Gasteiger partial charge on any atom is -0.310 e. The lowest BCUT2D eigenvalue weighted by atomic mass is 9.93. The molecule has 1 aliphatic carbocycles. The molecule has 0 amide bonds. The van der Waals surface area contributed by atoms with E-state index in [1.165, 1.54) is 33.8 Å². The van der Waals surface area contributed by atoms with E-state index in [4.69, 9.17) is 0 Å². The van der Waals surface area contributed by atoms with Crippen molar-refractivity contribution in [3.8, 4) is 0 Å². The predicted molar refractivity (Wildman–Crippen MR) is 103 cm³/mol. The fraction of sp³-hybridized carbons (Fsp3) is 0.130. The smallest absolute Gasteiger partial charge is 0.0497 e. The van der Waals surface area contributed by atoms with Crippen molar-refractivity contribution in [1.29, 1.82) is 0 Å². The molecule has 3 aromatic carbocycles. The molecule has 4 rings (SSSR count). The molecule has 0 unspecified atom stereocenters. The van der Waals surface area contributed by atoms with Crippen molar-refractivity contribution in [2.75, 3.05) is 4.90 Å². The molecule has 0 saturated carbocycles. The lowest BCUT2D eigenvalue weighted by Gasteiger charge is -2.31. The normalized spacial score (nSPS) is 13.1. The summed E-state index contributed by atoms with van der Waals surface area (Å²) in [7, 11) is 0. The molecule has 0 aliphatic heterocycles. The second-order valence-corrected chi connectivity index (χ2v) is 6.29. The number of benzene rings is 3. The number of hydrogen-bond donors (Lipinski definition) is 0. The van der Waals surface area contributed by atoms with E-state index in [2.05, 4.69) is 96.8 Å². The highest BCUT2D eigenvalue weighted by Crippen LogP contribution is 2.38. The van der Waals surface area contributed by atoms with Gasteiger partial charge in [0.15, 0.2) is 0 Å². The van der Waals surface area contributed by atoms with E-state index in [0.717, 1.165) is 12.8 Å². The van der Waals surface area contributed by atoms with Gasteiger partial charge in [-0.3, -0.25) is 0 Å². The topological polar surface area (TPSA) is 3.24 Å². The molecule has 1 aliphatic rings. The number of allylic oxidation sites excluding steroid dienone is 1. The number of para-hydroxylation sites is 1. The number of anilines is 2. The summed E-state index contributed by atoms with van der Waals surface area (Å²) in [5.74, 6) is 0. The fourth-order valence-corrected chi connectivity index (χ4v) is 3.37. The van der Waals surface area contributed by atoms with Crippen molar-refractivity contribution in [1.82, 2.24) is 0 Å². The summed E-state index contributed by atoms with van der Waals surface area (Å²) in [6.07, 6.45) is 4.58. The first-order chi connectivity index (χ1) is 11.8. The van der Waals surface area contributed by atoms with E-state index in [1.807, 2.05) is 0 Å². The van der Waals surface area contributed by atoms with Gasteiger partial charge in [0.25, 0.3) is 0 Å². The maximum Gasteiger partial charge on any atom is 0.0497 e. The predicted octanol–water partition coefficient (Wildman–Crippen LogP) is 6.12. The zero-order valence-corrected chi connectivity index (χ0v) is 13.9. The molecule has 118 valence electrons. The number of rotatable bonds is 3. The Balaban J connectivity index is 1.88. The Labute approximate surface area is 143 Å². The lowest BCUT2D eigenvalue weighted by molar-refractivity contribution is 0.968. The molecule has 0 N–H and O–H groups in total. The molecule has 0 aromatic heterocycles. The molecule has 0 bridgehead atoms. The van der Waals surface area contributed by atoms with Crippen LogP contribution in [0.25, 0.3) is 5.70 Å². The Morgan fingerprint density at radius 1 is 0.708 bits per heavy atom. The van der Waals surface area contributed by atoms with E-state index in [9.17, 15) is 0 Å². The molecule has 0 saturated heterocycles. The van der Waals surface area contributed by atoms with Crippen LogP contribution in [-0.4, -0.2) is 0 Å². The molecule has 24 heavy (non-hydrogen) atoms. The highest BCUT2D eigenvalue weighted by Gasteiger charge is 2.20. The van der Waals surface area contributed by atoms with Crippen molar-refractivity contribution in [2.45, 2.75) is 19.8 Å². The lowest BCUT2D eigenvalue weighted by Crippen LogP contribution is -2.18. The molecule has 0 atom stereocenters. The maximum atomic E-state index is 2.37. The van der Waals surface area contributed by atoms with E-state index >= 15 is 0 Å². The monoisotopic (exact) mass is 311 g/mol. The summed E-state index contributed by atoms with van der Waals surface area (Å²) < 4.78 is 0. The van der Waals surface area contributed by atoms with Crippen LogP contribution in [0.3, 0.4) is 0 Å². The van der Waals surface area contributed by atoms with Crippen LogP contribution in [-0.2, 0) is 6.42 Å².